The highest BCUT2D eigenvalue weighted by atomic mass is 32.1. The highest BCUT2D eigenvalue weighted by molar-refractivity contribution is 7.11. The molecule has 3 heterocycles. The minimum absolute atomic E-state index is 0.0693. The average molecular weight is 434 g/mol. The lowest BCUT2D eigenvalue weighted by Gasteiger charge is -2.32. The van der Waals surface area contributed by atoms with E-state index in [1.807, 2.05) is 19.9 Å². The summed E-state index contributed by atoms with van der Waals surface area (Å²) in [7, 11) is 2.07. The summed E-state index contributed by atoms with van der Waals surface area (Å²) in [5, 5.41) is 11.2. The molecule has 6 nitrogen and oxygen atoms in total. The minimum Gasteiger partial charge on any atom is -0.445 e. The number of rotatable bonds is 7. The Bertz CT molecular complexity index is 872. The summed E-state index contributed by atoms with van der Waals surface area (Å²) in [5.74, 6) is 1.38. The van der Waals surface area contributed by atoms with E-state index in [9.17, 15) is 4.79 Å². The molecule has 1 saturated heterocycles. The first-order chi connectivity index (χ1) is 14.0. The van der Waals surface area contributed by atoms with Crippen LogP contribution in [0.2, 0.25) is 0 Å². The normalized spacial score (nSPS) is 16.1. The predicted molar refractivity (Wildman–Crippen MR) is 122 cm³/mol. The Kier molecular flexibility index (Phi) is 6.75. The van der Waals surface area contributed by atoms with Crippen LogP contribution in [0.25, 0.3) is 0 Å². The van der Waals surface area contributed by atoms with Crippen molar-refractivity contribution in [1.29, 1.82) is 0 Å². The lowest BCUT2D eigenvalue weighted by molar-refractivity contribution is -0.672. The zero-order valence-corrected chi connectivity index (χ0v) is 20.3. The van der Waals surface area contributed by atoms with Crippen LogP contribution in [0.3, 0.4) is 0 Å². The van der Waals surface area contributed by atoms with Crippen molar-refractivity contribution in [3.8, 4) is 0 Å². The van der Waals surface area contributed by atoms with E-state index in [1.54, 1.807) is 11.3 Å². The average Bonchev–Trinajstić information content (AvgIpc) is 3.26. The lowest BCUT2D eigenvalue weighted by Crippen LogP contribution is -2.56. The van der Waals surface area contributed by atoms with Gasteiger partial charge in [0.2, 0.25) is 10.9 Å². The van der Waals surface area contributed by atoms with Crippen molar-refractivity contribution < 1.29 is 13.8 Å². The monoisotopic (exact) mass is 433 g/mol. The topological polar surface area (TPSA) is 70.2 Å². The van der Waals surface area contributed by atoms with Gasteiger partial charge in [0.25, 0.3) is 0 Å². The fourth-order valence-electron chi connectivity index (χ4n) is 4.04. The van der Waals surface area contributed by atoms with E-state index in [0.717, 1.165) is 43.7 Å². The van der Waals surface area contributed by atoms with Crippen molar-refractivity contribution in [2.24, 2.45) is 7.05 Å². The first-order valence-electron chi connectivity index (χ1n) is 10.9. The van der Waals surface area contributed by atoms with Gasteiger partial charge in [-0.05, 0) is 39.8 Å². The Hall–Kier alpha value is -1.70. The molecular weight excluding hydrogens is 396 g/mol. The van der Waals surface area contributed by atoms with Gasteiger partial charge in [0, 0.05) is 36.4 Å². The SMILES string of the molecule is CCc1oc(NC(=O)C(C)(C)NC2CCNCC2)cc1C(C)(C)c1c[n+](C)c(C)s1. The fourth-order valence-corrected chi connectivity index (χ4v) is 5.13. The number of carbonyl (C=O) groups is 1. The zero-order chi connectivity index (χ0) is 22.1. The number of piperidine rings is 1. The summed E-state index contributed by atoms with van der Waals surface area (Å²) in [6.07, 6.45) is 5.04. The van der Waals surface area contributed by atoms with E-state index in [1.165, 1.54) is 9.88 Å². The molecule has 1 aliphatic heterocycles. The van der Waals surface area contributed by atoms with Crippen molar-refractivity contribution in [3.63, 3.8) is 0 Å². The summed E-state index contributed by atoms with van der Waals surface area (Å²) >= 11 is 1.80. The minimum atomic E-state index is -0.671. The third-order valence-corrected chi connectivity index (χ3v) is 7.61. The van der Waals surface area contributed by atoms with E-state index in [4.69, 9.17) is 4.42 Å². The van der Waals surface area contributed by atoms with E-state index in [2.05, 4.69) is 61.5 Å². The van der Waals surface area contributed by atoms with Gasteiger partial charge in [0.05, 0.1) is 10.4 Å². The number of anilines is 1. The van der Waals surface area contributed by atoms with Gasteiger partial charge in [-0.3, -0.25) is 10.1 Å². The number of carbonyl (C=O) groups excluding carboxylic acids is 1. The molecule has 30 heavy (non-hydrogen) atoms. The second-order valence-corrected chi connectivity index (χ2v) is 10.6. The summed E-state index contributed by atoms with van der Waals surface area (Å²) in [4.78, 5) is 14.3. The molecule has 0 aromatic carbocycles. The fraction of sp³-hybridized carbons (Fsp3) is 0.652. The van der Waals surface area contributed by atoms with E-state index < -0.39 is 5.54 Å². The van der Waals surface area contributed by atoms with Crippen LogP contribution >= 0.6 is 11.3 Å². The summed E-state index contributed by atoms with van der Waals surface area (Å²) < 4.78 is 8.25. The number of hydrogen-bond donors (Lipinski definition) is 3. The number of aryl methyl sites for hydroxylation is 3. The number of aromatic nitrogens is 1. The number of furan rings is 1. The van der Waals surface area contributed by atoms with Gasteiger partial charge in [-0.15, -0.1) is 0 Å². The lowest BCUT2D eigenvalue weighted by atomic mass is 9.83. The molecule has 0 atom stereocenters. The number of amides is 1. The molecular formula is C23H37N4O2S+. The summed E-state index contributed by atoms with van der Waals surface area (Å²) in [6.45, 7) is 14.5. The Morgan fingerprint density at radius 3 is 2.53 bits per heavy atom. The number of nitrogens with zero attached hydrogens (tertiary/aromatic N) is 1. The maximum atomic E-state index is 13.0. The Labute approximate surface area is 184 Å². The van der Waals surface area contributed by atoms with Crippen molar-refractivity contribution >= 4 is 23.1 Å². The standard InChI is InChI=1S/C23H36N4O2S/c1-8-18-17(22(3,4)19-14-27(7)15(2)30-19)13-20(29-18)25-21(28)23(5,6)26-16-9-11-24-12-10-16/h13-14,16,24,26H,8-12H2,1-7H3/p+1. The molecule has 166 valence electrons. The molecule has 1 aliphatic rings. The molecule has 0 bridgehead atoms. The van der Waals surface area contributed by atoms with Crippen LogP contribution in [0, 0.1) is 6.92 Å². The van der Waals surface area contributed by atoms with Crippen molar-refractivity contribution in [2.75, 3.05) is 18.4 Å². The Morgan fingerprint density at radius 1 is 1.30 bits per heavy atom. The van der Waals surface area contributed by atoms with Gasteiger partial charge in [-0.2, -0.15) is 4.57 Å². The molecule has 1 amide bonds. The molecule has 0 spiro atoms. The smallest absolute Gasteiger partial charge is 0.246 e. The van der Waals surface area contributed by atoms with Crippen LogP contribution < -0.4 is 20.5 Å². The number of hydrogen-bond acceptors (Lipinski definition) is 5. The summed E-state index contributed by atoms with van der Waals surface area (Å²) in [6, 6.07) is 2.36. The highest BCUT2D eigenvalue weighted by Gasteiger charge is 2.35. The third kappa shape index (κ3) is 4.79. The van der Waals surface area contributed by atoms with Crippen molar-refractivity contribution in [1.82, 2.24) is 10.6 Å². The van der Waals surface area contributed by atoms with Gasteiger partial charge >= 0.3 is 0 Å². The Morgan fingerprint density at radius 2 is 1.97 bits per heavy atom. The van der Waals surface area contributed by atoms with Crippen molar-refractivity contribution in [2.45, 2.75) is 77.8 Å². The van der Waals surface area contributed by atoms with E-state index >= 15 is 0 Å². The Balaban J connectivity index is 1.79. The maximum absolute atomic E-state index is 13.0. The van der Waals surface area contributed by atoms with Crippen LogP contribution in [0.15, 0.2) is 16.7 Å². The molecule has 1 fully saturated rings. The molecule has 3 rings (SSSR count). The molecule has 3 N–H and O–H groups in total. The zero-order valence-electron chi connectivity index (χ0n) is 19.4. The molecule has 2 aromatic heterocycles. The predicted octanol–water partition coefficient (Wildman–Crippen LogP) is 3.42. The van der Waals surface area contributed by atoms with E-state index in [-0.39, 0.29) is 11.3 Å². The molecule has 2 aromatic rings. The third-order valence-electron chi connectivity index (χ3n) is 6.19. The number of thiazole rings is 1. The van der Waals surface area contributed by atoms with Crippen LogP contribution in [0.5, 0.6) is 0 Å². The molecule has 0 radical (unpaired) electrons. The van der Waals surface area contributed by atoms with Crippen molar-refractivity contribution in [3.05, 3.63) is 33.5 Å². The summed E-state index contributed by atoms with van der Waals surface area (Å²) in [5.41, 5.74) is 0.263. The van der Waals surface area contributed by atoms with Gasteiger partial charge in [0.15, 0.2) is 12.1 Å². The maximum Gasteiger partial charge on any atom is 0.246 e. The van der Waals surface area contributed by atoms with Gasteiger partial charge in [-0.25, -0.2) is 0 Å². The van der Waals surface area contributed by atoms with E-state index in [0.29, 0.717) is 11.9 Å². The first kappa shape index (κ1) is 23.0. The van der Waals surface area contributed by atoms with Crippen LogP contribution in [-0.2, 0) is 23.7 Å². The van der Waals surface area contributed by atoms with Gasteiger partial charge in [0.1, 0.15) is 12.8 Å². The first-order valence-corrected chi connectivity index (χ1v) is 11.8. The molecule has 0 aliphatic carbocycles. The van der Waals surface area contributed by atoms with Gasteiger partial charge in [-0.1, -0.05) is 32.1 Å². The molecule has 0 unspecified atom stereocenters. The second-order valence-electron chi connectivity index (χ2n) is 9.40. The number of nitrogens with one attached hydrogen (secondary N) is 3. The molecule has 7 heteroatoms. The highest BCUT2D eigenvalue weighted by Crippen LogP contribution is 2.39. The van der Waals surface area contributed by atoms with Crippen LogP contribution in [0.4, 0.5) is 5.88 Å². The second kappa shape index (κ2) is 8.81. The largest absolute Gasteiger partial charge is 0.445 e. The van der Waals surface area contributed by atoms with Crippen LogP contribution in [-0.4, -0.2) is 30.6 Å². The van der Waals surface area contributed by atoms with Crippen LogP contribution in [0.1, 0.15) is 68.7 Å². The quantitative estimate of drug-likeness (QED) is 0.585. The molecule has 0 saturated carbocycles. The van der Waals surface area contributed by atoms with Gasteiger partial charge < -0.3 is 15.1 Å².